The molecule has 0 spiro atoms. The summed E-state index contributed by atoms with van der Waals surface area (Å²) in [7, 11) is 0. The predicted molar refractivity (Wildman–Crippen MR) is 168 cm³/mol. The zero-order valence-electron chi connectivity index (χ0n) is 26.3. The fraction of sp³-hybridized carbons (Fsp3) is 0.417. The van der Waals surface area contributed by atoms with Crippen molar-refractivity contribution in [1.29, 1.82) is 0 Å². The normalized spacial score (nSPS) is 11.8. The van der Waals surface area contributed by atoms with Crippen molar-refractivity contribution in [3.63, 3.8) is 0 Å². The highest BCUT2D eigenvalue weighted by Gasteiger charge is 2.49. The largest absolute Gasteiger partial charge is 0.494 e. The minimum absolute atomic E-state index is 0.0593. The molecule has 0 heterocycles. The predicted octanol–water partition coefficient (Wildman–Crippen LogP) is 9.13. The first kappa shape index (κ1) is 36.1. The van der Waals surface area contributed by atoms with E-state index in [1.54, 1.807) is 31.2 Å². The summed E-state index contributed by atoms with van der Waals surface area (Å²) >= 11 is 0. The van der Waals surface area contributed by atoms with Crippen LogP contribution >= 0.6 is 0 Å². The molecule has 10 heteroatoms. The van der Waals surface area contributed by atoms with Gasteiger partial charge in [0.2, 0.25) is 0 Å². The van der Waals surface area contributed by atoms with Crippen LogP contribution in [0.1, 0.15) is 92.4 Å². The molecule has 0 aliphatic heterocycles. The molecule has 1 unspecified atom stereocenters. The number of hydrogen-bond donors (Lipinski definition) is 0. The molecule has 3 aromatic carbocycles. The Balaban J connectivity index is 1.49. The van der Waals surface area contributed by atoms with Crippen LogP contribution in [0.2, 0.25) is 0 Å². The zero-order chi connectivity index (χ0) is 33.4. The molecule has 0 bridgehead atoms. The fourth-order valence-electron chi connectivity index (χ4n) is 4.43. The summed E-state index contributed by atoms with van der Waals surface area (Å²) in [6, 6.07) is 19.3. The van der Waals surface area contributed by atoms with Crippen LogP contribution in [0.4, 0.5) is 13.2 Å². The van der Waals surface area contributed by atoms with Crippen molar-refractivity contribution in [1.82, 2.24) is 0 Å². The Morgan fingerprint density at radius 3 is 1.70 bits per heavy atom. The van der Waals surface area contributed by atoms with E-state index in [4.69, 9.17) is 9.47 Å². The SMILES string of the molecule is CCCCCCCCCOc1ccc(-c2ccc(C(=O)Oc3ccc(C(=O)OC(C(=O)OCCCC)C(F)(F)F)cc3)cc2)cc1. The Hall–Kier alpha value is -4.34. The van der Waals surface area contributed by atoms with Gasteiger partial charge in [0.05, 0.1) is 24.3 Å². The highest BCUT2D eigenvalue weighted by molar-refractivity contribution is 5.93. The molecular formula is C36H41F3O7. The van der Waals surface area contributed by atoms with Crippen molar-refractivity contribution in [2.24, 2.45) is 0 Å². The van der Waals surface area contributed by atoms with E-state index in [1.807, 2.05) is 24.3 Å². The number of halogens is 3. The molecule has 0 N–H and O–H groups in total. The molecule has 0 aromatic heterocycles. The topological polar surface area (TPSA) is 88.1 Å². The smallest absolute Gasteiger partial charge is 0.436 e. The Morgan fingerprint density at radius 2 is 1.11 bits per heavy atom. The van der Waals surface area contributed by atoms with Crippen LogP contribution in [0, 0.1) is 0 Å². The van der Waals surface area contributed by atoms with Gasteiger partial charge in [-0.15, -0.1) is 0 Å². The highest BCUT2D eigenvalue weighted by atomic mass is 19.4. The lowest BCUT2D eigenvalue weighted by molar-refractivity contribution is -0.218. The van der Waals surface area contributed by atoms with E-state index in [9.17, 15) is 27.6 Å². The number of unbranched alkanes of at least 4 members (excludes halogenated alkanes) is 7. The number of esters is 3. The second kappa shape index (κ2) is 18.6. The summed E-state index contributed by atoms with van der Waals surface area (Å²) < 4.78 is 60.2. The van der Waals surface area contributed by atoms with Gasteiger partial charge in [-0.05, 0) is 72.5 Å². The second-order valence-corrected chi connectivity index (χ2v) is 10.8. The summed E-state index contributed by atoms with van der Waals surface area (Å²) in [4.78, 5) is 36.8. The lowest BCUT2D eigenvalue weighted by Gasteiger charge is -2.19. The molecule has 0 saturated carbocycles. The molecule has 0 aliphatic carbocycles. The minimum Gasteiger partial charge on any atom is -0.494 e. The quantitative estimate of drug-likeness (QED) is 0.0777. The van der Waals surface area contributed by atoms with E-state index in [-0.39, 0.29) is 23.5 Å². The van der Waals surface area contributed by atoms with Crippen molar-refractivity contribution in [2.45, 2.75) is 83.9 Å². The van der Waals surface area contributed by atoms with Crippen molar-refractivity contribution < 1.29 is 46.5 Å². The summed E-state index contributed by atoms with van der Waals surface area (Å²) in [5.74, 6) is -2.87. The Kier molecular flexibility index (Phi) is 14.6. The average Bonchev–Trinajstić information content (AvgIpc) is 3.05. The zero-order valence-corrected chi connectivity index (χ0v) is 26.3. The van der Waals surface area contributed by atoms with Gasteiger partial charge in [0, 0.05) is 0 Å². The number of carbonyl (C=O) groups excluding carboxylic acids is 3. The van der Waals surface area contributed by atoms with Crippen LogP contribution in [0.5, 0.6) is 11.5 Å². The monoisotopic (exact) mass is 642 g/mol. The van der Waals surface area contributed by atoms with Crippen molar-refractivity contribution in [2.75, 3.05) is 13.2 Å². The Bertz CT molecular complexity index is 1370. The lowest BCUT2D eigenvalue weighted by atomic mass is 10.0. The molecular weight excluding hydrogens is 601 g/mol. The number of carbonyl (C=O) groups is 3. The molecule has 0 radical (unpaired) electrons. The summed E-state index contributed by atoms with van der Waals surface area (Å²) in [5.41, 5.74) is 1.85. The summed E-state index contributed by atoms with van der Waals surface area (Å²) in [5, 5.41) is 0. The third-order valence-electron chi connectivity index (χ3n) is 7.10. The maximum absolute atomic E-state index is 13.3. The lowest BCUT2D eigenvalue weighted by Crippen LogP contribution is -2.42. The van der Waals surface area contributed by atoms with Crippen molar-refractivity contribution in [3.8, 4) is 22.6 Å². The number of rotatable bonds is 18. The molecule has 0 saturated heterocycles. The van der Waals surface area contributed by atoms with Gasteiger partial charge in [0.25, 0.3) is 6.10 Å². The third-order valence-corrected chi connectivity index (χ3v) is 7.10. The van der Waals surface area contributed by atoms with Gasteiger partial charge in [-0.1, -0.05) is 83.1 Å². The Morgan fingerprint density at radius 1 is 0.609 bits per heavy atom. The third kappa shape index (κ3) is 11.9. The van der Waals surface area contributed by atoms with Crippen molar-refractivity contribution >= 4 is 17.9 Å². The first-order valence-corrected chi connectivity index (χ1v) is 15.7. The van der Waals surface area contributed by atoms with Crippen LogP contribution in [0.15, 0.2) is 72.8 Å². The second-order valence-electron chi connectivity index (χ2n) is 10.8. The first-order valence-electron chi connectivity index (χ1n) is 15.7. The molecule has 1 atom stereocenters. The highest BCUT2D eigenvalue weighted by Crippen LogP contribution is 2.26. The average molecular weight is 643 g/mol. The fourth-order valence-corrected chi connectivity index (χ4v) is 4.43. The van der Waals surface area contributed by atoms with Crippen LogP contribution in [-0.4, -0.2) is 43.4 Å². The van der Waals surface area contributed by atoms with Gasteiger partial charge >= 0.3 is 24.1 Å². The van der Waals surface area contributed by atoms with Gasteiger partial charge in [0.1, 0.15) is 11.5 Å². The van der Waals surface area contributed by atoms with Gasteiger partial charge in [-0.25, -0.2) is 14.4 Å². The minimum atomic E-state index is -5.14. The van der Waals surface area contributed by atoms with E-state index in [0.29, 0.717) is 19.4 Å². The van der Waals surface area contributed by atoms with Crippen molar-refractivity contribution in [3.05, 3.63) is 83.9 Å². The van der Waals surface area contributed by atoms with E-state index in [0.717, 1.165) is 35.4 Å². The van der Waals surface area contributed by atoms with E-state index < -0.39 is 30.2 Å². The summed E-state index contributed by atoms with van der Waals surface area (Å²) in [6.07, 6.45) is 1.35. The number of alkyl halides is 3. The van der Waals surface area contributed by atoms with E-state index in [1.165, 1.54) is 50.7 Å². The Labute approximate surface area is 268 Å². The maximum atomic E-state index is 13.3. The molecule has 0 fully saturated rings. The maximum Gasteiger partial charge on any atom is 0.436 e. The van der Waals surface area contributed by atoms with Crippen LogP contribution in [0.25, 0.3) is 11.1 Å². The molecule has 0 aliphatic rings. The van der Waals surface area contributed by atoms with Gasteiger partial charge in [-0.2, -0.15) is 13.2 Å². The molecule has 46 heavy (non-hydrogen) atoms. The number of benzene rings is 3. The molecule has 248 valence electrons. The number of ether oxygens (including phenoxy) is 4. The first-order chi connectivity index (χ1) is 22.1. The summed E-state index contributed by atoms with van der Waals surface area (Å²) in [6.45, 7) is 4.46. The van der Waals surface area contributed by atoms with Gasteiger partial charge in [-0.3, -0.25) is 0 Å². The van der Waals surface area contributed by atoms with Gasteiger partial charge in [0.15, 0.2) is 0 Å². The van der Waals surface area contributed by atoms with Gasteiger partial charge < -0.3 is 18.9 Å². The van der Waals surface area contributed by atoms with E-state index in [2.05, 4.69) is 16.4 Å². The molecule has 7 nitrogen and oxygen atoms in total. The molecule has 0 amide bonds. The van der Waals surface area contributed by atoms with Crippen LogP contribution in [-0.2, 0) is 14.3 Å². The number of hydrogen-bond acceptors (Lipinski definition) is 7. The molecule has 3 aromatic rings. The standard InChI is InChI=1S/C36H41F3O7/c1-3-5-7-8-9-10-11-25-43-30-20-16-27(17-21-30)26-12-14-28(15-13-26)33(40)45-31-22-18-29(19-23-31)34(41)46-32(36(37,38)39)35(42)44-24-6-4-2/h12-23,32H,3-11,24-25H2,1-2H3. The van der Waals surface area contributed by atoms with E-state index >= 15 is 0 Å². The van der Waals surface area contributed by atoms with Crippen LogP contribution in [0.3, 0.4) is 0 Å². The van der Waals surface area contributed by atoms with Crippen LogP contribution < -0.4 is 9.47 Å². The molecule has 3 rings (SSSR count).